The van der Waals surface area contributed by atoms with E-state index >= 15 is 0 Å². The molecule has 0 fully saturated rings. The predicted molar refractivity (Wildman–Crippen MR) is 71.5 cm³/mol. The molecule has 0 spiro atoms. The average Bonchev–Trinajstić information content (AvgIpc) is 2.61. The lowest BCUT2D eigenvalue weighted by atomic mass is 10.2. The lowest BCUT2D eigenvalue weighted by Gasteiger charge is -2.11. The Morgan fingerprint density at radius 3 is 3.11 bits per heavy atom. The zero-order valence-corrected chi connectivity index (χ0v) is 11.4. The van der Waals surface area contributed by atoms with Crippen LogP contribution >= 0.6 is 0 Å². The van der Waals surface area contributed by atoms with Gasteiger partial charge in [0.25, 0.3) is 5.56 Å². The Hall–Kier alpha value is -1.69. The monoisotopic (exact) mass is 264 g/mol. The van der Waals surface area contributed by atoms with Crippen LogP contribution in [0.3, 0.4) is 0 Å². The molecule has 1 amide bonds. The van der Waals surface area contributed by atoms with Crippen LogP contribution in [0.1, 0.15) is 31.8 Å². The molecule has 0 saturated carbocycles. The first-order valence-electron chi connectivity index (χ1n) is 6.66. The Bertz CT molecular complexity index is 522. The molecule has 1 aliphatic rings. The molecule has 0 unspecified atom stereocenters. The maximum atomic E-state index is 12.0. The third-order valence-corrected chi connectivity index (χ3v) is 3.13. The van der Waals surface area contributed by atoms with E-state index in [0.717, 1.165) is 18.8 Å². The molecule has 104 valence electrons. The summed E-state index contributed by atoms with van der Waals surface area (Å²) in [5, 5.41) is 6.01. The van der Waals surface area contributed by atoms with Gasteiger partial charge in [-0.3, -0.25) is 14.2 Å². The normalized spacial score (nSPS) is 14.9. The Morgan fingerprint density at radius 1 is 1.58 bits per heavy atom. The quantitative estimate of drug-likeness (QED) is 0.806. The third-order valence-electron chi connectivity index (χ3n) is 3.13. The number of fused-ring (bicyclic) bond motifs is 1. The van der Waals surface area contributed by atoms with E-state index in [1.165, 1.54) is 6.07 Å². The minimum absolute atomic E-state index is 0.0324. The highest BCUT2D eigenvalue weighted by atomic mass is 16.2. The molecule has 1 aromatic heterocycles. The molecule has 1 aromatic rings. The van der Waals surface area contributed by atoms with E-state index in [4.69, 9.17) is 0 Å². The molecule has 0 aliphatic carbocycles. The molecule has 2 heterocycles. The largest absolute Gasteiger partial charge is 0.350 e. The number of carbonyl (C=O) groups is 1. The molecule has 1 aliphatic heterocycles. The molecule has 0 radical (unpaired) electrons. The van der Waals surface area contributed by atoms with Gasteiger partial charge in [0.05, 0.1) is 18.8 Å². The Labute approximate surface area is 112 Å². The van der Waals surface area contributed by atoms with Crippen LogP contribution in [0.2, 0.25) is 0 Å². The van der Waals surface area contributed by atoms with E-state index in [1.807, 2.05) is 13.8 Å². The molecule has 0 atom stereocenters. The smallest absolute Gasteiger partial charge is 0.253 e. The SMILES string of the molecule is CC(C)C(=O)NCc1cc(=O)n2c(n1)CNCCC2. The molecular formula is C13H20N4O2. The number of nitrogens with one attached hydrogen (secondary N) is 2. The summed E-state index contributed by atoms with van der Waals surface area (Å²) in [5.74, 6) is 0.650. The highest BCUT2D eigenvalue weighted by Crippen LogP contribution is 2.02. The van der Waals surface area contributed by atoms with Gasteiger partial charge in [0, 0.05) is 18.5 Å². The summed E-state index contributed by atoms with van der Waals surface area (Å²) in [6.07, 6.45) is 0.929. The Morgan fingerprint density at radius 2 is 2.37 bits per heavy atom. The van der Waals surface area contributed by atoms with Crippen molar-refractivity contribution >= 4 is 5.91 Å². The first-order chi connectivity index (χ1) is 9.08. The van der Waals surface area contributed by atoms with Crippen molar-refractivity contribution in [1.29, 1.82) is 0 Å². The van der Waals surface area contributed by atoms with Gasteiger partial charge < -0.3 is 10.6 Å². The fraction of sp³-hybridized carbons (Fsp3) is 0.615. The van der Waals surface area contributed by atoms with Crippen LogP contribution in [0.15, 0.2) is 10.9 Å². The van der Waals surface area contributed by atoms with Crippen molar-refractivity contribution in [2.24, 2.45) is 5.92 Å². The van der Waals surface area contributed by atoms with Crippen molar-refractivity contribution in [3.05, 3.63) is 27.9 Å². The summed E-state index contributed by atoms with van der Waals surface area (Å²) in [5.41, 5.74) is 0.580. The van der Waals surface area contributed by atoms with Gasteiger partial charge in [-0.2, -0.15) is 0 Å². The number of hydrogen-bond acceptors (Lipinski definition) is 4. The van der Waals surface area contributed by atoms with Crippen LogP contribution in [-0.4, -0.2) is 22.0 Å². The summed E-state index contributed by atoms with van der Waals surface area (Å²) in [4.78, 5) is 28.0. The molecule has 0 aromatic carbocycles. The highest BCUT2D eigenvalue weighted by molar-refractivity contribution is 5.77. The number of aromatic nitrogens is 2. The lowest BCUT2D eigenvalue weighted by Crippen LogP contribution is -2.30. The van der Waals surface area contributed by atoms with Gasteiger partial charge in [-0.15, -0.1) is 0 Å². The summed E-state index contributed by atoms with van der Waals surface area (Å²) < 4.78 is 1.70. The summed E-state index contributed by atoms with van der Waals surface area (Å²) in [7, 11) is 0. The van der Waals surface area contributed by atoms with Gasteiger partial charge in [0.15, 0.2) is 0 Å². The molecule has 19 heavy (non-hydrogen) atoms. The highest BCUT2D eigenvalue weighted by Gasteiger charge is 2.12. The van der Waals surface area contributed by atoms with Gasteiger partial charge in [-0.05, 0) is 13.0 Å². The van der Waals surface area contributed by atoms with E-state index in [1.54, 1.807) is 4.57 Å². The number of rotatable bonds is 3. The second-order valence-electron chi connectivity index (χ2n) is 5.06. The maximum absolute atomic E-state index is 12.0. The van der Waals surface area contributed by atoms with E-state index in [2.05, 4.69) is 15.6 Å². The standard InChI is InChI=1S/C13H20N4O2/c1-9(2)13(19)15-7-10-6-12(18)17-5-3-4-14-8-11(17)16-10/h6,9,14H,3-5,7-8H2,1-2H3,(H,15,19). The minimum Gasteiger partial charge on any atom is -0.350 e. The Balaban J connectivity index is 2.15. The predicted octanol–water partition coefficient (Wildman–Crippen LogP) is 0.00880. The molecule has 2 N–H and O–H groups in total. The summed E-state index contributed by atoms with van der Waals surface area (Å²) >= 11 is 0. The van der Waals surface area contributed by atoms with Crippen LogP contribution < -0.4 is 16.2 Å². The maximum Gasteiger partial charge on any atom is 0.253 e. The third kappa shape index (κ3) is 3.41. The van der Waals surface area contributed by atoms with Crippen molar-refractivity contribution in [2.45, 2.75) is 39.9 Å². The van der Waals surface area contributed by atoms with E-state index in [-0.39, 0.29) is 17.4 Å². The van der Waals surface area contributed by atoms with Gasteiger partial charge in [-0.1, -0.05) is 13.8 Å². The average molecular weight is 264 g/mol. The summed E-state index contributed by atoms with van der Waals surface area (Å²) in [6, 6.07) is 1.51. The second-order valence-corrected chi connectivity index (χ2v) is 5.06. The lowest BCUT2D eigenvalue weighted by molar-refractivity contribution is -0.124. The van der Waals surface area contributed by atoms with Gasteiger partial charge in [-0.25, -0.2) is 4.98 Å². The first kappa shape index (κ1) is 13.7. The van der Waals surface area contributed by atoms with Crippen molar-refractivity contribution in [3.63, 3.8) is 0 Å². The topological polar surface area (TPSA) is 76.0 Å². The number of nitrogens with zero attached hydrogens (tertiary/aromatic N) is 2. The van der Waals surface area contributed by atoms with Gasteiger partial charge in [0.1, 0.15) is 5.82 Å². The molecule has 6 nitrogen and oxygen atoms in total. The van der Waals surface area contributed by atoms with E-state index in [9.17, 15) is 9.59 Å². The van der Waals surface area contributed by atoms with Gasteiger partial charge >= 0.3 is 0 Å². The van der Waals surface area contributed by atoms with Crippen LogP contribution in [0.4, 0.5) is 0 Å². The van der Waals surface area contributed by atoms with Crippen LogP contribution in [0.25, 0.3) is 0 Å². The zero-order chi connectivity index (χ0) is 13.8. The van der Waals surface area contributed by atoms with Crippen LogP contribution in [-0.2, 0) is 24.4 Å². The Kier molecular flexibility index (Phi) is 4.31. The first-order valence-corrected chi connectivity index (χ1v) is 6.66. The molecule has 6 heteroatoms. The minimum atomic E-state index is -0.0661. The fourth-order valence-corrected chi connectivity index (χ4v) is 2.01. The number of amides is 1. The van der Waals surface area contributed by atoms with Crippen molar-refractivity contribution in [3.8, 4) is 0 Å². The molecule has 0 bridgehead atoms. The second kappa shape index (κ2) is 5.97. The molecule has 0 saturated heterocycles. The number of hydrogen-bond donors (Lipinski definition) is 2. The van der Waals surface area contributed by atoms with Crippen LogP contribution in [0, 0.1) is 5.92 Å². The van der Waals surface area contributed by atoms with Gasteiger partial charge in [0.2, 0.25) is 5.91 Å². The molecular weight excluding hydrogens is 244 g/mol. The van der Waals surface area contributed by atoms with Crippen molar-refractivity contribution in [1.82, 2.24) is 20.2 Å². The van der Waals surface area contributed by atoms with E-state index < -0.39 is 0 Å². The number of carbonyl (C=O) groups excluding carboxylic acids is 1. The van der Waals surface area contributed by atoms with Crippen molar-refractivity contribution < 1.29 is 4.79 Å². The van der Waals surface area contributed by atoms with E-state index in [0.29, 0.717) is 25.3 Å². The van der Waals surface area contributed by atoms with Crippen LogP contribution in [0.5, 0.6) is 0 Å². The van der Waals surface area contributed by atoms with Crippen molar-refractivity contribution in [2.75, 3.05) is 6.54 Å². The zero-order valence-electron chi connectivity index (χ0n) is 11.4. The summed E-state index contributed by atoms with van der Waals surface area (Å²) in [6.45, 7) is 6.16. The fourth-order valence-electron chi connectivity index (χ4n) is 2.01. The molecule has 2 rings (SSSR count).